The van der Waals surface area contributed by atoms with E-state index in [4.69, 9.17) is 0 Å². The number of rotatable bonds is 4. The molecule has 0 saturated carbocycles. The van der Waals surface area contributed by atoms with Crippen LogP contribution >= 0.6 is 11.3 Å². The second-order valence-corrected chi connectivity index (χ2v) is 6.42. The van der Waals surface area contributed by atoms with Gasteiger partial charge in [0.25, 0.3) is 11.6 Å². The highest BCUT2D eigenvalue weighted by molar-refractivity contribution is 7.18. The van der Waals surface area contributed by atoms with Gasteiger partial charge in [-0.05, 0) is 26.0 Å². The lowest BCUT2D eigenvalue weighted by molar-refractivity contribution is -0.385. The van der Waals surface area contributed by atoms with Crippen LogP contribution in [0.3, 0.4) is 0 Å². The molecule has 0 aliphatic heterocycles. The lowest BCUT2D eigenvalue weighted by Crippen LogP contribution is -2.14. The third-order valence-electron chi connectivity index (χ3n) is 3.66. The number of nitro benzene ring substituents is 1. The summed E-state index contributed by atoms with van der Waals surface area (Å²) in [6, 6.07) is 12.2. The largest absolute Gasteiger partial charge is 0.296 e. The minimum atomic E-state index is -0.507. The Bertz CT molecular complexity index is 968. The highest BCUT2D eigenvalue weighted by Crippen LogP contribution is 2.28. The molecule has 1 heterocycles. The zero-order valence-corrected chi connectivity index (χ0v) is 14.3. The van der Waals surface area contributed by atoms with Crippen LogP contribution in [0.2, 0.25) is 0 Å². The number of aryl methyl sites for hydroxylation is 1. The van der Waals surface area contributed by atoms with Gasteiger partial charge >= 0.3 is 0 Å². The molecule has 0 fully saturated rings. The van der Waals surface area contributed by atoms with Gasteiger partial charge in [0, 0.05) is 22.8 Å². The van der Waals surface area contributed by atoms with Crippen molar-refractivity contribution in [2.24, 2.45) is 0 Å². The number of hydrogen-bond donors (Lipinski definition) is 1. The fourth-order valence-electron chi connectivity index (χ4n) is 2.40. The summed E-state index contributed by atoms with van der Waals surface area (Å²) in [5.74, 6) is -0.451. The van der Waals surface area contributed by atoms with Gasteiger partial charge in [-0.3, -0.25) is 20.2 Å². The number of nitrogens with zero attached hydrogens (tertiary/aromatic N) is 3. The Morgan fingerprint density at radius 1 is 1.16 bits per heavy atom. The number of nitro groups is 1. The number of amides is 1. The van der Waals surface area contributed by atoms with E-state index in [1.165, 1.54) is 23.5 Å². The highest BCUT2D eigenvalue weighted by Gasteiger charge is 2.19. The van der Waals surface area contributed by atoms with Crippen LogP contribution in [0, 0.1) is 24.0 Å². The lowest BCUT2D eigenvalue weighted by Gasteiger charge is -2.05. The molecule has 0 bridgehead atoms. The molecule has 1 N–H and O–H groups in total. The lowest BCUT2D eigenvalue weighted by atomic mass is 10.1. The van der Waals surface area contributed by atoms with Gasteiger partial charge in [-0.1, -0.05) is 41.2 Å². The van der Waals surface area contributed by atoms with E-state index in [9.17, 15) is 14.9 Å². The van der Waals surface area contributed by atoms with E-state index in [-0.39, 0.29) is 11.3 Å². The summed E-state index contributed by atoms with van der Waals surface area (Å²) in [7, 11) is 0. The molecule has 0 unspecified atom stereocenters. The molecule has 3 aromatic rings. The van der Waals surface area contributed by atoms with Crippen molar-refractivity contribution >= 4 is 28.1 Å². The Labute approximate surface area is 147 Å². The summed E-state index contributed by atoms with van der Waals surface area (Å²) in [5, 5.41) is 22.7. The van der Waals surface area contributed by atoms with Crippen LogP contribution < -0.4 is 5.32 Å². The van der Waals surface area contributed by atoms with Gasteiger partial charge in [-0.2, -0.15) is 0 Å². The van der Waals surface area contributed by atoms with Crippen molar-refractivity contribution in [2.45, 2.75) is 13.8 Å². The van der Waals surface area contributed by atoms with Crippen LogP contribution in [0.4, 0.5) is 10.8 Å². The summed E-state index contributed by atoms with van der Waals surface area (Å²) in [4.78, 5) is 22.9. The summed E-state index contributed by atoms with van der Waals surface area (Å²) >= 11 is 1.25. The highest BCUT2D eigenvalue weighted by atomic mass is 32.1. The zero-order valence-electron chi connectivity index (χ0n) is 13.5. The van der Waals surface area contributed by atoms with Gasteiger partial charge in [-0.15, -0.1) is 10.2 Å². The molecule has 0 aliphatic carbocycles. The number of hydrogen-bond acceptors (Lipinski definition) is 6. The second kappa shape index (κ2) is 6.78. The number of benzene rings is 2. The first-order chi connectivity index (χ1) is 12.0. The first kappa shape index (κ1) is 16.7. The molecule has 2 aromatic carbocycles. The monoisotopic (exact) mass is 354 g/mol. The molecule has 1 amide bonds. The van der Waals surface area contributed by atoms with Crippen LogP contribution in [-0.2, 0) is 0 Å². The first-order valence-electron chi connectivity index (χ1n) is 7.41. The van der Waals surface area contributed by atoms with E-state index in [1.54, 1.807) is 13.0 Å². The van der Waals surface area contributed by atoms with E-state index < -0.39 is 10.8 Å². The Morgan fingerprint density at radius 3 is 2.64 bits per heavy atom. The quantitative estimate of drug-likeness (QED) is 0.564. The normalized spacial score (nSPS) is 10.5. The Kier molecular flexibility index (Phi) is 4.53. The van der Waals surface area contributed by atoms with Crippen LogP contribution in [0.1, 0.15) is 21.5 Å². The van der Waals surface area contributed by atoms with Crippen molar-refractivity contribution in [3.8, 4) is 10.6 Å². The third-order valence-corrected chi connectivity index (χ3v) is 4.54. The van der Waals surface area contributed by atoms with Gasteiger partial charge in [0.05, 0.1) is 4.92 Å². The van der Waals surface area contributed by atoms with Crippen molar-refractivity contribution in [3.05, 3.63) is 69.3 Å². The molecule has 0 radical (unpaired) electrons. The van der Waals surface area contributed by atoms with Crippen molar-refractivity contribution < 1.29 is 9.72 Å². The predicted molar refractivity (Wildman–Crippen MR) is 95.9 cm³/mol. The molecular weight excluding hydrogens is 340 g/mol. The van der Waals surface area contributed by atoms with E-state index in [2.05, 4.69) is 15.5 Å². The second-order valence-electron chi connectivity index (χ2n) is 5.44. The predicted octanol–water partition coefficient (Wildman–Crippen LogP) is 3.98. The van der Waals surface area contributed by atoms with Crippen molar-refractivity contribution in [3.63, 3.8) is 0 Å². The van der Waals surface area contributed by atoms with Crippen LogP contribution in [0.5, 0.6) is 0 Å². The maximum Gasteiger partial charge on any atom is 0.273 e. The van der Waals surface area contributed by atoms with Gasteiger partial charge in [-0.25, -0.2) is 0 Å². The fraction of sp³-hybridized carbons (Fsp3) is 0.118. The summed E-state index contributed by atoms with van der Waals surface area (Å²) in [6.07, 6.45) is 0. The number of nitrogens with one attached hydrogen (secondary N) is 1. The van der Waals surface area contributed by atoms with Gasteiger partial charge < -0.3 is 0 Å². The van der Waals surface area contributed by atoms with Gasteiger partial charge in [0.1, 0.15) is 5.01 Å². The van der Waals surface area contributed by atoms with Crippen molar-refractivity contribution in [2.75, 3.05) is 5.32 Å². The maximum absolute atomic E-state index is 12.4. The summed E-state index contributed by atoms with van der Waals surface area (Å²) < 4.78 is 0. The van der Waals surface area contributed by atoms with Crippen LogP contribution in [0.25, 0.3) is 10.6 Å². The SMILES string of the molecule is Cc1cccc(-c2nnc(NC(=O)c3cccc([N+](=O)[O-])c3C)s2)c1. The van der Waals surface area contributed by atoms with E-state index in [0.29, 0.717) is 15.7 Å². The average Bonchev–Trinajstić information content (AvgIpc) is 3.03. The minimum absolute atomic E-state index is 0.0923. The zero-order chi connectivity index (χ0) is 18.0. The maximum atomic E-state index is 12.4. The molecule has 3 rings (SSSR count). The first-order valence-corrected chi connectivity index (χ1v) is 8.23. The van der Waals surface area contributed by atoms with Crippen molar-refractivity contribution in [1.29, 1.82) is 0 Å². The van der Waals surface area contributed by atoms with Crippen molar-refractivity contribution in [1.82, 2.24) is 10.2 Å². The molecule has 126 valence electrons. The molecule has 8 heteroatoms. The Morgan fingerprint density at radius 2 is 1.92 bits per heavy atom. The molecule has 1 aromatic heterocycles. The fourth-order valence-corrected chi connectivity index (χ4v) is 3.14. The Hall–Kier alpha value is -3.13. The standard InChI is InChI=1S/C17H14N4O3S/c1-10-5-3-6-12(9-10)16-19-20-17(25-16)18-15(22)13-7-4-8-14(11(13)2)21(23)24/h3-9H,1-2H3,(H,18,20,22). The van der Waals surface area contributed by atoms with Crippen LogP contribution in [0.15, 0.2) is 42.5 Å². The number of carbonyl (C=O) groups is 1. The molecule has 0 atom stereocenters. The Balaban J connectivity index is 1.83. The molecule has 25 heavy (non-hydrogen) atoms. The molecule has 7 nitrogen and oxygen atoms in total. The number of aromatic nitrogens is 2. The van der Waals surface area contributed by atoms with E-state index >= 15 is 0 Å². The minimum Gasteiger partial charge on any atom is -0.296 e. The smallest absolute Gasteiger partial charge is 0.273 e. The van der Waals surface area contributed by atoms with Crippen LogP contribution in [-0.4, -0.2) is 21.0 Å². The molecule has 0 saturated heterocycles. The van der Waals surface area contributed by atoms with E-state index in [0.717, 1.165) is 11.1 Å². The van der Waals surface area contributed by atoms with Gasteiger partial charge in [0.15, 0.2) is 0 Å². The average molecular weight is 354 g/mol. The summed E-state index contributed by atoms with van der Waals surface area (Å²) in [5.41, 5.74) is 2.48. The number of anilines is 1. The van der Waals surface area contributed by atoms with Gasteiger partial charge in [0.2, 0.25) is 5.13 Å². The van der Waals surface area contributed by atoms with E-state index in [1.807, 2.05) is 31.2 Å². The molecule has 0 aliphatic rings. The number of carbonyl (C=O) groups excluding carboxylic acids is 1. The summed E-state index contributed by atoms with van der Waals surface area (Å²) in [6.45, 7) is 3.53. The topological polar surface area (TPSA) is 98.0 Å². The molecule has 0 spiro atoms. The molecular formula is C17H14N4O3S. The third kappa shape index (κ3) is 3.53.